The van der Waals surface area contributed by atoms with Gasteiger partial charge in [0.05, 0.1) is 6.10 Å². The van der Waals surface area contributed by atoms with Gasteiger partial charge in [-0.05, 0) is 39.5 Å². The number of ether oxygens (including phenoxy) is 1. The van der Waals surface area contributed by atoms with Crippen molar-refractivity contribution in [3.8, 4) is 0 Å². The second kappa shape index (κ2) is 10.8. The molecule has 0 aromatic heterocycles. The lowest BCUT2D eigenvalue weighted by Crippen LogP contribution is -2.42. The summed E-state index contributed by atoms with van der Waals surface area (Å²) in [5.74, 6) is 0.930. The smallest absolute Gasteiger partial charge is 0.191 e. The van der Waals surface area contributed by atoms with E-state index in [9.17, 15) is 0 Å². The first-order valence-electron chi connectivity index (χ1n) is 6.92. The lowest BCUT2D eigenvalue weighted by atomic mass is 10.2. The molecule has 2 N–H and O–H groups in total. The van der Waals surface area contributed by atoms with E-state index >= 15 is 0 Å². The van der Waals surface area contributed by atoms with Crippen LogP contribution in [0.25, 0.3) is 0 Å². The quantitative estimate of drug-likeness (QED) is 0.430. The zero-order valence-corrected chi connectivity index (χ0v) is 14.2. The molecule has 108 valence electrons. The first-order valence-corrected chi connectivity index (χ1v) is 6.92. The molecule has 0 aromatic rings. The molecule has 1 rings (SSSR count). The molecule has 2 atom stereocenters. The Morgan fingerprint density at radius 3 is 2.78 bits per heavy atom. The van der Waals surface area contributed by atoms with Crippen molar-refractivity contribution in [3.63, 3.8) is 0 Å². The maximum absolute atomic E-state index is 5.59. The molecule has 1 aliphatic heterocycles. The van der Waals surface area contributed by atoms with E-state index < -0.39 is 0 Å². The van der Waals surface area contributed by atoms with Crippen LogP contribution in [0.5, 0.6) is 0 Å². The topological polar surface area (TPSA) is 45.7 Å². The summed E-state index contributed by atoms with van der Waals surface area (Å²) in [5, 5.41) is 6.66. The predicted molar refractivity (Wildman–Crippen MR) is 87.9 cm³/mol. The van der Waals surface area contributed by atoms with Gasteiger partial charge in [0.25, 0.3) is 0 Å². The van der Waals surface area contributed by atoms with E-state index in [1.807, 2.05) is 0 Å². The first-order chi connectivity index (χ1) is 8.26. The number of hydrogen-bond acceptors (Lipinski definition) is 2. The van der Waals surface area contributed by atoms with Gasteiger partial charge in [-0.3, -0.25) is 4.99 Å². The van der Waals surface area contributed by atoms with E-state index in [0.29, 0.717) is 12.1 Å². The number of hydrogen-bond donors (Lipinski definition) is 2. The largest absolute Gasteiger partial charge is 0.378 e. The summed E-state index contributed by atoms with van der Waals surface area (Å²) in [6.45, 7) is 9.12. The maximum Gasteiger partial charge on any atom is 0.191 e. The molecule has 1 fully saturated rings. The van der Waals surface area contributed by atoms with Gasteiger partial charge in [0, 0.05) is 25.7 Å². The molecular formula is C13H28IN3O. The van der Waals surface area contributed by atoms with Gasteiger partial charge < -0.3 is 15.4 Å². The fourth-order valence-electron chi connectivity index (χ4n) is 1.85. The Morgan fingerprint density at radius 2 is 2.22 bits per heavy atom. The van der Waals surface area contributed by atoms with Gasteiger partial charge in [-0.2, -0.15) is 0 Å². The van der Waals surface area contributed by atoms with Crippen molar-refractivity contribution in [1.82, 2.24) is 10.6 Å². The second-order valence-corrected chi connectivity index (χ2v) is 4.64. The van der Waals surface area contributed by atoms with E-state index in [1.54, 1.807) is 0 Å². The molecule has 1 aliphatic rings. The molecule has 0 saturated carbocycles. The van der Waals surface area contributed by atoms with Crippen LogP contribution in [0.4, 0.5) is 0 Å². The molecule has 4 nitrogen and oxygen atoms in total. The Hall–Kier alpha value is -0.0400. The van der Waals surface area contributed by atoms with Crippen molar-refractivity contribution >= 4 is 29.9 Å². The van der Waals surface area contributed by atoms with Crippen molar-refractivity contribution in [2.24, 2.45) is 4.99 Å². The fourth-order valence-corrected chi connectivity index (χ4v) is 1.85. The van der Waals surface area contributed by atoms with E-state index in [-0.39, 0.29) is 24.0 Å². The summed E-state index contributed by atoms with van der Waals surface area (Å²) in [5.41, 5.74) is 0. The molecule has 0 aromatic carbocycles. The van der Waals surface area contributed by atoms with Crippen LogP contribution >= 0.6 is 24.0 Å². The van der Waals surface area contributed by atoms with Crippen LogP contribution in [0.2, 0.25) is 0 Å². The Labute approximate surface area is 128 Å². The number of nitrogens with one attached hydrogen (secondary N) is 2. The normalized spacial score (nSPS) is 21.3. The van der Waals surface area contributed by atoms with Gasteiger partial charge in [-0.15, -0.1) is 24.0 Å². The minimum Gasteiger partial charge on any atom is -0.378 e. The highest BCUT2D eigenvalue weighted by Gasteiger charge is 2.14. The van der Waals surface area contributed by atoms with Gasteiger partial charge in [0.2, 0.25) is 0 Å². The average molecular weight is 369 g/mol. The van der Waals surface area contributed by atoms with Crippen molar-refractivity contribution in [1.29, 1.82) is 0 Å². The third-order valence-corrected chi connectivity index (χ3v) is 3.08. The molecule has 0 amide bonds. The summed E-state index contributed by atoms with van der Waals surface area (Å²) in [6, 6.07) is 0.468. The minimum atomic E-state index is 0. The van der Waals surface area contributed by atoms with E-state index in [1.165, 1.54) is 12.8 Å². The fraction of sp³-hybridized carbons (Fsp3) is 0.923. The van der Waals surface area contributed by atoms with Crippen LogP contribution in [0.3, 0.4) is 0 Å². The summed E-state index contributed by atoms with van der Waals surface area (Å²) in [4.78, 5) is 4.58. The predicted octanol–water partition coefficient (Wildman–Crippen LogP) is 2.53. The molecule has 0 radical (unpaired) electrons. The zero-order valence-electron chi connectivity index (χ0n) is 11.9. The summed E-state index contributed by atoms with van der Waals surface area (Å²) >= 11 is 0. The number of guanidine groups is 1. The highest BCUT2D eigenvalue weighted by molar-refractivity contribution is 14.0. The van der Waals surface area contributed by atoms with E-state index in [4.69, 9.17) is 4.74 Å². The van der Waals surface area contributed by atoms with Gasteiger partial charge in [0.1, 0.15) is 0 Å². The summed E-state index contributed by atoms with van der Waals surface area (Å²) < 4.78 is 5.59. The van der Waals surface area contributed by atoms with Crippen molar-refractivity contribution in [3.05, 3.63) is 0 Å². The van der Waals surface area contributed by atoms with E-state index in [0.717, 1.165) is 38.5 Å². The van der Waals surface area contributed by atoms with E-state index in [2.05, 4.69) is 36.4 Å². The highest BCUT2D eigenvalue weighted by Crippen LogP contribution is 2.14. The van der Waals surface area contributed by atoms with Crippen molar-refractivity contribution < 1.29 is 4.74 Å². The average Bonchev–Trinajstić information content (AvgIpc) is 2.82. The first kappa shape index (κ1) is 18.0. The molecule has 1 heterocycles. The number of halogens is 1. The van der Waals surface area contributed by atoms with Gasteiger partial charge >= 0.3 is 0 Å². The Kier molecular flexibility index (Phi) is 10.8. The van der Waals surface area contributed by atoms with Gasteiger partial charge in [-0.25, -0.2) is 0 Å². The number of aliphatic imine (C=N–C) groups is 1. The molecule has 0 aliphatic carbocycles. The van der Waals surface area contributed by atoms with Crippen LogP contribution in [0, 0.1) is 0 Å². The molecule has 5 heteroatoms. The molecule has 2 unspecified atom stereocenters. The van der Waals surface area contributed by atoms with Crippen LogP contribution in [0.15, 0.2) is 4.99 Å². The molecule has 0 bridgehead atoms. The van der Waals surface area contributed by atoms with Crippen molar-refractivity contribution in [2.45, 2.75) is 58.6 Å². The Balaban J connectivity index is 0.00000289. The molecular weight excluding hydrogens is 341 g/mol. The molecule has 0 spiro atoms. The zero-order chi connectivity index (χ0) is 12.5. The third-order valence-electron chi connectivity index (χ3n) is 3.08. The number of nitrogens with zero attached hydrogens (tertiary/aromatic N) is 1. The lowest BCUT2D eigenvalue weighted by Gasteiger charge is -2.16. The third kappa shape index (κ3) is 7.41. The van der Waals surface area contributed by atoms with Gasteiger partial charge in [0.15, 0.2) is 5.96 Å². The minimum absolute atomic E-state index is 0. The lowest BCUT2D eigenvalue weighted by molar-refractivity contribution is 0.106. The SMILES string of the molecule is CCNC(=NCCC1CCCO1)NC(C)CC.I. The second-order valence-electron chi connectivity index (χ2n) is 4.64. The van der Waals surface area contributed by atoms with Crippen molar-refractivity contribution in [2.75, 3.05) is 19.7 Å². The Bertz CT molecular complexity index is 230. The van der Waals surface area contributed by atoms with Crippen LogP contribution in [0.1, 0.15) is 46.5 Å². The maximum atomic E-state index is 5.59. The van der Waals surface area contributed by atoms with Crippen LogP contribution < -0.4 is 10.6 Å². The summed E-state index contributed by atoms with van der Waals surface area (Å²) in [7, 11) is 0. The van der Waals surface area contributed by atoms with Crippen LogP contribution in [-0.4, -0.2) is 37.8 Å². The molecule has 18 heavy (non-hydrogen) atoms. The number of rotatable bonds is 6. The van der Waals surface area contributed by atoms with Gasteiger partial charge in [-0.1, -0.05) is 6.92 Å². The van der Waals surface area contributed by atoms with Crippen LogP contribution in [-0.2, 0) is 4.74 Å². The summed E-state index contributed by atoms with van der Waals surface area (Å²) in [6.07, 6.45) is 4.99. The molecule has 1 saturated heterocycles. The standard InChI is InChI=1S/C13H27N3O.HI/c1-4-11(3)16-13(14-5-2)15-9-8-12-7-6-10-17-12;/h11-12H,4-10H2,1-3H3,(H2,14,15,16);1H. The highest BCUT2D eigenvalue weighted by atomic mass is 127. The monoisotopic (exact) mass is 369 g/mol. The Morgan fingerprint density at radius 1 is 1.44 bits per heavy atom.